The summed E-state index contributed by atoms with van der Waals surface area (Å²) < 4.78 is 29.9. The van der Waals surface area contributed by atoms with Crippen molar-refractivity contribution in [2.45, 2.75) is 107 Å². The third-order valence-electron chi connectivity index (χ3n) is 10.1. The van der Waals surface area contributed by atoms with E-state index in [1.54, 1.807) is 59.7 Å². The van der Waals surface area contributed by atoms with E-state index in [9.17, 15) is 63.9 Å². The van der Waals surface area contributed by atoms with E-state index in [4.69, 9.17) is 32.0 Å². The van der Waals surface area contributed by atoms with Crippen molar-refractivity contribution in [2.75, 3.05) is 13.2 Å². The minimum absolute atomic E-state index is 0.0733. The molecule has 1 aliphatic rings. The third-order valence-corrected chi connectivity index (χ3v) is 10.8. The quantitative estimate of drug-likeness (QED) is 0.0530. The highest BCUT2D eigenvalue weighted by Crippen LogP contribution is 2.32. The topological polar surface area (TPSA) is 330 Å². The van der Waals surface area contributed by atoms with E-state index in [-0.39, 0.29) is 95.1 Å². The van der Waals surface area contributed by atoms with Gasteiger partial charge in [0.2, 0.25) is 5.78 Å². The minimum atomic E-state index is -0.944. The number of nitrogens with zero attached hydrogens (tertiary/aromatic N) is 1. The van der Waals surface area contributed by atoms with Gasteiger partial charge in [0.25, 0.3) is 0 Å². The van der Waals surface area contributed by atoms with E-state index in [1.807, 2.05) is 13.8 Å². The van der Waals surface area contributed by atoms with Gasteiger partial charge in [0, 0.05) is 24.6 Å². The van der Waals surface area contributed by atoms with E-state index >= 15 is 0 Å². The average molecular weight is 1070 g/mol. The number of fused-ring (bicyclic) bond motifs is 1. The van der Waals surface area contributed by atoms with Gasteiger partial charge in [-0.2, -0.15) is 0 Å². The van der Waals surface area contributed by atoms with Gasteiger partial charge >= 0.3 is 22.5 Å². The largest absolute Gasteiger partial charge is 0.507 e. The van der Waals surface area contributed by atoms with Crippen LogP contribution in [0, 0.1) is 38.5 Å². The van der Waals surface area contributed by atoms with Gasteiger partial charge in [0.15, 0.2) is 23.5 Å². The van der Waals surface area contributed by atoms with E-state index in [2.05, 4.69) is 21.1 Å². The number of halogens is 1. The second kappa shape index (κ2) is 26.4. The number of hydrogen-bond acceptors (Lipinski definition) is 21. The second-order valence-electron chi connectivity index (χ2n) is 17.4. The molecule has 0 spiro atoms. The van der Waals surface area contributed by atoms with Crippen LogP contribution in [0.15, 0.2) is 84.5 Å². The highest BCUT2D eigenvalue weighted by Gasteiger charge is 2.42. The Labute approximate surface area is 419 Å². The number of para-hydroxylation sites is 1. The van der Waals surface area contributed by atoms with Crippen molar-refractivity contribution < 1.29 is 76.7 Å². The smallest absolute Gasteiger partial charge is 0.351 e. The van der Waals surface area contributed by atoms with Crippen LogP contribution in [0.4, 0.5) is 0 Å². The SMILES string of the molecule is CC(C)C(O)CC(=O)c1c(O)c2ccccc2oc1=O.Cc1cc(O)c(C(=O)C2ON=C(Br)C2C(C)C)c(=O)o1.Cc1cc(O)c(C(=O)COC(C)C)c(=O)o1.Cc1cc(O)c(C(=O)COC(C)C)c(=O)o1. The van der Waals surface area contributed by atoms with Gasteiger partial charge in [-0.25, -0.2) is 19.2 Å². The van der Waals surface area contributed by atoms with Crippen molar-refractivity contribution >= 4 is 54.7 Å². The van der Waals surface area contributed by atoms with Crippen LogP contribution in [0.2, 0.25) is 0 Å². The molecule has 0 radical (unpaired) electrons. The fourth-order valence-corrected chi connectivity index (χ4v) is 7.25. The molecular formula is C50H58BrNO20. The summed E-state index contributed by atoms with van der Waals surface area (Å²) in [6.07, 6.45) is -2.28. The van der Waals surface area contributed by atoms with Gasteiger partial charge in [-0.1, -0.05) is 45.0 Å². The molecule has 21 nitrogen and oxygen atoms in total. The van der Waals surface area contributed by atoms with Crippen molar-refractivity contribution in [3.05, 3.63) is 124 Å². The molecule has 0 saturated carbocycles. The summed E-state index contributed by atoms with van der Waals surface area (Å²) in [5.41, 5.74) is -4.73. The van der Waals surface area contributed by atoms with Gasteiger partial charge in [0.1, 0.15) is 86.0 Å². The van der Waals surface area contributed by atoms with Crippen LogP contribution >= 0.6 is 15.9 Å². The molecule has 0 amide bonds. The molecule has 5 aromatic rings. The molecule has 5 heterocycles. The van der Waals surface area contributed by atoms with Gasteiger partial charge in [-0.05, 0) is 88.4 Å². The lowest BCUT2D eigenvalue weighted by Gasteiger charge is -2.19. The Balaban J connectivity index is 0.000000255. The van der Waals surface area contributed by atoms with E-state index in [0.717, 1.165) is 0 Å². The normalized spacial score (nSPS) is 14.4. The van der Waals surface area contributed by atoms with E-state index in [1.165, 1.54) is 45.0 Å². The predicted octanol–water partition coefficient (Wildman–Crippen LogP) is 6.83. The summed E-state index contributed by atoms with van der Waals surface area (Å²) in [5.74, 6) is -3.56. The fourth-order valence-electron chi connectivity index (χ4n) is 6.40. The first kappa shape index (κ1) is 59.3. The number of aliphatic hydroxyl groups is 1. The number of ether oxygens (including phenoxy) is 2. The summed E-state index contributed by atoms with van der Waals surface area (Å²) in [7, 11) is 0. The predicted molar refractivity (Wildman–Crippen MR) is 263 cm³/mol. The maximum Gasteiger partial charge on any atom is 0.351 e. The number of ketones is 4. The molecule has 1 aliphatic heterocycles. The number of carbonyl (C=O) groups excluding carboxylic acids is 4. The Morgan fingerprint density at radius 3 is 1.44 bits per heavy atom. The molecule has 1 aromatic carbocycles. The van der Waals surface area contributed by atoms with Crippen LogP contribution in [0.5, 0.6) is 23.0 Å². The Morgan fingerprint density at radius 1 is 0.625 bits per heavy atom. The zero-order valence-electron chi connectivity index (χ0n) is 41.4. The molecule has 0 aliphatic carbocycles. The molecule has 5 N–H and O–H groups in total. The van der Waals surface area contributed by atoms with Gasteiger partial charge < -0.3 is 57.5 Å². The van der Waals surface area contributed by atoms with E-state index in [0.29, 0.717) is 10.0 Å². The zero-order chi connectivity index (χ0) is 54.5. The number of aliphatic hydroxyl groups excluding tert-OH is 1. The Bertz CT molecular complexity index is 2940. The maximum atomic E-state index is 12.4. The molecule has 6 rings (SSSR count). The third kappa shape index (κ3) is 16.0. The summed E-state index contributed by atoms with van der Waals surface area (Å²) in [4.78, 5) is 99.0. The minimum Gasteiger partial charge on any atom is -0.507 e. The fraction of sp³-hybridized carbons (Fsp3) is 0.420. The standard InChI is InChI=1S/C15H16O5.C13H14BrNO5.2C11H14O5/c1-8(2)10(16)7-11(17)13-14(18)9-5-3-4-6-12(9)20-15(13)19;1-5(2)8-11(20-15-12(8)14)10(17)9-7(16)4-6(3)19-13(9)18;2*1-6(2)15-5-9(13)10-8(12)4-7(3)16-11(10)14/h3-6,8,10,16,18H,7H2,1-2H3;4-5,8,11,16H,1-3H3;2*4,6,12H,5H2,1-3H3. The molecule has 0 bridgehead atoms. The lowest BCUT2D eigenvalue weighted by molar-refractivity contribution is 0.0389. The van der Waals surface area contributed by atoms with Gasteiger partial charge in [-0.15, -0.1) is 0 Å². The van der Waals surface area contributed by atoms with Crippen molar-refractivity contribution in [1.82, 2.24) is 0 Å². The van der Waals surface area contributed by atoms with Gasteiger partial charge in [0.05, 0.1) is 29.6 Å². The molecule has 390 valence electrons. The summed E-state index contributed by atoms with van der Waals surface area (Å²) >= 11 is 3.24. The molecule has 0 saturated heterocycles. The molecule has 22 heteroatoms. The highest BCUT2D eigenvalue weighted by atomic mass is 79.9. The lowest BCUT2D eigenvalue weighted by Crippen LogP contribution is -2.35. The first-order valence-corrected chi connectivity index (χ1v) is 23.1. The molecule has 3 unspecified atom stereocenters. The van der Waals surface area contributed by atoms with Crippen molar-refractivity contribution in [1.29, 1.82) is 0 Å². The second-order valence-corrected chi connectivity index (χ2v) is 18.2. The summed E-state index contributed by atoms with van der Waals surface area (Å²) in [6, 6.07) is 10.1. The Morgan fingerprint density at radius 2 is 1.04 bits per heavy atom. The highest BCUT2D eigenvalue weighted by molar-refractivity contribution is 9.18. The Hall–Kier alpha value is -7.01. The summed E-state index contributed by atoms with van der Waals surface area (Å²) in [5, 5.41) is 52.6. The number of hydrogen-bond donors (Lipinski definition) is 5. The average Bonchev–Trinajstić information content (AvgIpc) is 3.66. The maximum absolute atomic E-state index is 12.4. The molecule has 4 aromatic heterocycles. The number of carbonyl (C=O) groups is 4. The number of rotatable bonds is 15. The molecule has 0 fully saturated rings. The zero-order valence-corrected chi connectivity index (χ0v) is 43.0. The first-order chi connectivity index (χ1) is 33.6. The van der Waals surface area contributed by atoms with Crippen LogP contribution in [0.1, 0.15) is 121 Å². The number of aromatic hydroxyl groups is 4. The van der Waals surface area contributed by atoms with Crippen molar-refractivity contribution in [3.63, 3.8) is 0 Å². The van der Waals surface area contributed by atoms with E-state index < -0.39 is 80.5 Å². The molecular weight excluding hydrogens is 1010 g/mol. The van der Waals surface area contributed by atoms with Crippen molar-refractivity contribution in [2.24, 2.45) is 22.9 Å². The monoisotopic (exact) mass is 1070 g/mol. The number of oxime groups is 1. The molecule has 72 heavy (non-hydrogen) atoms. The van der Waals surface area contributed by atoms with Crippen LogP contribution in [-0.2, 0) is 14.3 Å². The number of aryl methyl sites for hydroxylation is 3. The number of benzene rings is 1. The lowest BCUT2D eigenvalue weighted by atomic mass is 9.88. The van der Waals surface area contributed by atoms with Crippen LogP contribution in [0.25, 0.3) is 11.0 Å². The van der Waals surface area contributed by atoms with Crippen LogP contribution < -0.4 is 22.5 Å². The summed E-state index contributed by atoms with van der Waals surface area (Å²) in [6.45, 7) is 18.5. The van der Waals surface area contributed by atoms with Crippen molar-refractivity contribution in [3.8, 4) is 23.0 Å². The Kier molecular flexibility index (Phi) is 21.8. The van der Waals surface area contributed by atoms with Crippen LogP contribution in [-0.4, -0.2) is 90.9 Å². The number of Topliss-reactive ketones (excluding diaryl/α,β-unsaturated/α-hetero) is 4. The molecule has 3 atom stereocenters. The van der Waals surface area contributed by atoms with Crippen LogP contribution in [0.3, 0.4) is 0 Å². The first-order valence-electron chi connectivity index (χ1n) is 22.3. The van der Waals surface area contributed by atoms with Gasteiger partial charge in [-0.3, -0.25) is 19.2 Å².